The van der Waals surface area contributed by atoms with Gasteiger partial charge >= 0.3 is 0 Å². The van der Waals surface area contributed by atoms with Gasteiger partial charge in [-0.3, -0.25) is 10.1 Å². The SMILES string of the molecule is COc1ccc(CCC(=O)Nc2cc(-c3ccc(C)s3)no2)cc1. The molecular formula is C18H18N2O3S. The molecule has 24 heavy (non-hydrogen) atoms. The van der Waals surface area contributed by atoms with E-state index in [-0.39, 0.29) is 5.91 Å². The van der Waals surface area contributed by atoms with E-state index in [1.807, 2.05) is 43.3 Å². The van der Waals surface area contributed by atoms with Crippen LogP contribution in [-0.2, 0) is 11.2 Å². The molecule has 0 radical (unpaired) electrons. The fourth-order valence-electron chi connectivity index (χ4n) is 2.27. The van der Waals surface area contributed by atoms with Crippen LogP contribution in [0.3, 0.4) is 0 Å². The third-order valence-corrected chi connectivity index (χ3v) is 4.59. The van der Waals surface area contributed by atoms with Crippen molar-refractivity contribution in [3.8, 4) is 16.3 Å². The molecule has 1 N–H and O–H groups in total. The van der Waals surface area contributed by atoms with Gasteiger partial charge in [-0.25, -0.2) is 0 Å². The summed E-state index contributed by atoms with van der Waals surface area (Å²) in [4.78, 5) is 14.3. The van der Waals surface area contributed by atoms with Crippen LogP contribution in [0.2, 0.25) is 0 Å². The number of benzene rings is 1. The number of rotatable bonds is 6. The molecule has 1 aromatic carbocycles. The van der Waals surface area contributed by atoms with Crippen LogP contribution in [0.1, 0.15) is 16.9 Å². The highest BCUT2D eigenvalue weighted by Crippen LogP contribution is 2.28. The molecule has 0 unspecified atom stereocenters. The Hall–Kier alpha value is -2.60. The summed E-state index contributed by atoms with van der Waals surface area (Å²) in [6.07, 6.45) is 1.03. The Labute approximate surface area is 144 Å². The number of aromatic nitrogens is 1. The maximum absolute atomic E-state index is 12.0. The number of carbonyl (C=O) groups is 1. The smallest absolute Gasteiger partial charge is 0.231 e. The van der Waals surface area contributed by atoms with Crippen molar-refractivity contribution >= 4 is 23.1 Å². The molecule has 0 aliphatic carbocycles. The lowest BCUT2D eigenvalue weighted by molar-refractivity contribution is -0.116. The third-order valence-electron chi connectivity index (χ3n) is 3.57. The normalized spacial score (nSPS) is 10.6. The maximum atomic E-state index is 12.0. The van der Waals surface area contributed by atoms with Gasteiger partial charge in [0.15, 0.2) is 0 Å². The van der Waals surface area contributed by atoms with Gasteiger partial charge in [0.2, 0.25) is 11.8 Å². The molecule has 0 atom stereocenters. The summed E-state index contributed by atoms with van der Waals surface area (Å²) >= 11 is 1.64. The number of carbonyl (C=O) groups excluding carboxylic acids is 1. The molecule has 0 aliphatic rings. The van der Waals surface area contributed by atoms with Gasteiger partial charge in [-0.05, 0) is 43.2 Å². The summed E-state index contributed by atoms with van der Waals surface area (Å²) in [5.41, 5.74) is 1.82. The van der Waals surface area contributed by atoms with E-state index >= 15 is 0 Å². The fourth-order valence-corrected chi connectivity index (χ4v) is 3.09. The first-order valence-electron chi connectivity index (χ1n) is 7.60. The van der Waals surface area contributed by atoms with Gasteiger partial charge in [-0.15, -0.1) is 11.3 Å². The first kappa shape index (κ1) is 16.3. The number of methoxy groups -OCH3 is 1. The standard InChI is InChI=1S/C18H18N2O3S/c1-12-3-9-16(24-12)15-11-18(23-20-15)19-17(21)10-6-13-4-7-14(22-2)8-5-13/h3-5,7-9,11H,6,10H2,1-2H3,(H,19,21). The zero-order valence-electron chi connectivity index (χ0n) is 13.5. The highest BCUT2D eigenvalue weighted by atomic mass is 32.1. The van der Waals surface area contributed by atoms with E-state index in [1.54, 1.807) is 24.5 Å². The number of hydrogen-bond donors (Lipinski definition) is 1. The Kier molecular flexibility index (Phi) is 4.96. The second-order valence-corrected chi connectivity index (χ2v) is 6.67. The third kappa shape index (κ3) is 4.02. The molecule has 2 heterocycles. The summed E-state index contributed by atoms with van der Waals surface area (Å²) < 4.78 is 10.3. The predicted octanol–water partition coefficient (Wildman–Crippen LogP) is 4.29. The van der Waals surface area contributed by atoms with Crippen molar-refractivity contribution in [3.05, 3.63) is 52.9 Å². The largest absolute Gasteiger partial charge is 0.497 e. The fraction of sp³-hybridized carbons (Fsp3) is 0.222. The number of thiophene rings is 1. The molecule has 0 fully saturated rings. The van der Waals surface area contributed by atoms with Gasteiger partial charge in [0.25, 0.3) is 0 Å². The van der Waals surface area contributed by atoms with E-state index in [4.69, 9.17) is 9.26 Å². The number of nitrogens with one attached hydrogen (secondary N) is 1. The summed E-state index contributed by atoms with van der Waals surface area (Å²) in [6.45, 7) is 2.04. The molecule has 3 aromatic rings. The van der Waals surface area contributed by atoms with Crippen molar-refractivity contribution < 1.29 is 14.1 Å². The average Bonchev–Trinajstić information content (AvgIpc) is 3.22. The molecule has 0 bridgehead atoms. The molecule has 0 saturated heterocycles. The average molecular weight is 342 g/mol. The molecule has 5 nitrogen and oxygen atoms in total. The number of aryl methyl sites for hydroxylation is 2. The summed E-state index contributed by atoms with van der Waals surface area (Å²) in [5, 5.41) is 6.74. The minimum Gasteiger partial charge on any atom is -0.497 e. The second-order valence-electron chi connectivity index (χ2n) is 5.38. The van der Waals surface area contributed by atoms with Crippen LogP contribution in [0, 0.1) is 6.92 Å². The van der Waals surface area contributed by atoms with Crippen LogP contribution in [-0.4, -0.2) is 18.2 Å². The Morgan fingerprint density at radius 3 is 2.71 bits per heavy atom. The highest BCUT2D eigenvalue weighted by Gasteiger charge is 2.11. The van der Waals surface area contributed by atoms with Gasteiger partial charge in [0, 0.05) is 17.4 Å². The number of nitrogens with zero attached hydrogens (tertiary/aromatic N) is 1. The van der Waals surface area contributed by atoms with Crippen LogP contribution in [0.25, 0.3) is 10.6 Å². The predicted molar refractivity (Wildman–Crippen MR) is 94.5 cm³/mol. The number of amides is 1. The minimum absolute atomic E-state index is 0.101. The number of anilines is 1. The Morgan fingerprint density at radius 1 is 1.25 bits per heavy atom. The van der Waals surface area contributed by atoms with Crippen LogP contribution in [0.15, 0.2) is 47.0 Å². The molecule has 0 aliphatic heterocycles. The van der Waals surface area contributed by atoms with E-state index in [9.17, 15) is 4.79 Å². The van der Waals surface area contributed by atoms with Crippen molar-refractivity contribution in [3.63, 3.8) is 0 Å². The topological polar surface area (TPSA) is 64.4 Å². The van der Waals surface area contributed by atoms with E-state index in [0.717, 1.165) is 21.9 Å². The molecule has 3 rings (SSSR count). The van der Waals surface area contributed by atoms with E-state index < -0.39 is 0 Å². The van der Waals surface area contributed by atoms with Gasteiger partial charge in [-0.1, -0.05) is 17.3 Å². The van der Waals surface area contributed by atoms with Crippen molar-refractivity contribution in [2.24, 2.45) is 0 Å². The van der Waals surface area contributed by atoms with Crippen molar-refractivity contribution in [1.29, 1.82) is 0 Å². The van der Waals surface area contributed by atoms with Crippen molar-refractivity contribution in [2.75, 3.05) is 12.4 Å². The Bertz CT molecular complexity index is 821. The first-order chi connectivity index (χ1) is 11.6. The van der Waals surface area contributed by atoms with Gasteiger partial charge in [0.1, 0.15) is 11.4 Å². The monoisotopic (exact) mass is 342 g/mol. The Morgan fingerprint density at radius 2 is 2.04 bits per heavy atom. The lowest BCUT2D eigenvalue weighted by Gasteiger charge is -2.03. The molecule has 0 spiro atoms. The van der Waals surface area contributed by atoms with Gasteiger partial charge in [-0.2, -0.15) is 0 Å². The van der Waals surface area contributed by atoms with E-state index in [0.29, 0.717) is 18.7 Å². The van der Waals surface area contributed by atoms with E-state index in [1.165, 1.54) is 4.88 Å². The van der Waals surface area contributed by atoms with Crippen LogP contribution >= 0.6 is 11.3 Å². The molecule has 124 valence electrons. The molecular weight excluding hydrogens is 324 g/mol. The van der Waals surface area contributed by atoms with Gasteiger partial charge in [0.05, 0.1) is 12.0 Å². The first-order valence-corrected chi connectivity index (χ1v) is 8.42. The second kappa shape index (κ2) is 7.31. The molecule has 0 saturated carbocycles. The summed E-state index contributed by atoms with van der Waals surface area (Å²) in [7, 11) is 1.63. The number of hydrogen-bond acceptors (Lipinski definition) is 5. The van der Waals surface area contributed by atoms with Crippen molar-refractivity contribution in [1.82, 2.24) is 5.16 Å². The zero-order chi connectivity index (χ0) is 16.9. The van der Waals surface area contributed by atoms with Crippen LogP contribution < -0.4 is 10.1 Å². The lowest BCUT2D eigenvalue weighted by Crippen LogP contribution is -2.11. The zero-order valence-corrected chi connectivity index (χ0v) is 14.4. The van der Waals surface area contributed by atoms with Crippen molar-refractivity contribution in [2.45, 2.75) is 19.8 Å². The maximum Gasteiger partial charge on any atom is 0.231 e. The molecule has 6 heteroatoms. The quantitative estimate of drug-likeness (QED) is 0.726. The Balaban J connectivity index is 1.54. The number of ether oxygens (including phenoxy) is 1. The van der Waals surface area contributed by atoms with Crippen LogP contribution in [0.4, 0.5) is 5.88 Å². The summed E-state index contributed by atoms with van der Waals surface area (Å²) in [5.74, 6) is 1.08. The van der Waals surface area contributed by atoms with E-state index in [2.05, 4.69) is 10.5 Å². The molecule has 1 amide bonds. The highest BCUT2D eigenvalue weighted by molar-refractivity contribution is 7.15. The minimum atomic E-state index is -0.101. The summed E-state index contributed by atoms with van der Waals surface area (Å²) in [6, 6.07) is 13.5. The van der Waals surface area contributed by atoms with Gasteiger partial charge < -0.3 is 9.26 Å². The molecule has 2 aromatic heterocycles. The lowest BCUT2D eigenvalue weighted by atomic mass is 10.1. The van der Waals surface area contributed by atoms with Crippen LogP contribution in [0.5, 0.6) is 5.75 Å².